The minimum absolute atomic E-state index is 0.155. The van der Waals surface area contributed by atoms with Crippen LogP contribution in [0.15, 0.2) is 18.6 Å². The molecule has 0 saturated heterocycles. The smallest absolute Gasteiger partial charge is 0.215 e. The highest BCUT2D eigenvalue weighted by Gasteiger charge is 2.19. The van der Waals surface area contributed by atoms with Crippen LogP contribution in [0.5, 0.6) is 0 Å². The van der Waals surface area contributed by atoms with E-state index in [1.165, 1.54) is 12.4 Å². The van der Waals surface area contributed by atoms with Crippen LogP contribution in [0.4, 0.5) is 0 Å². The molecule has 0 aliphatic heterocycles. The molecule has 2 heterocycles. The fourth-order valence-corrected chi connectivity index (χ4v) is 1.73. The van der Waals surface area contributed by atoms with Crippen LogP contribution >= 0.6 is 11.6 Å². The van der Waals surface area contributed by atoms with Gasteiger partial charge in [0.25, 0.3) is 0 Å². The van der Waals surface area contributed by atoms with Gasteiger partial charge < -0.3 is 0 Å². The summed E-state index contributed by atoms with van der Waals surface area (Å²) >= 11 is 5.94. The van der Waals surface area contributed by atoms with Crippen LogP contribution < -0.4 is 0 Å². The topological polar surface area (TPSA) is 52.7 Å². The Hall–Kier alpha value is -1.62. The number of carbonyl (C=O) groups excluding carboxylic acids is 1. The first-order valence-corrected chi connectivity index (χ1v) is 5.26. The van der Waals surface area contributed by atoms with E-state index in [4.69, 9.17) is 11.6 Å². The zero-order chi connectivity index (χ0) is 11.7. The van der Waals surface area contributed by atoms with Crippen molar-refractivity contribution in [2.24, 2.45) is 7.05 Å². The first-order chi connectivity index (χ1) is 7.63. The highest BCUT2D eigenvalue weighted by molar-refractivity contribution is 6.34. The Morgan fingerprint density at radius 3 is 2.75 bits per heavy atom. The van der Waals surface area contributed by atoms with Crippen LogP contribution in [0.2, 0.25) is 5.02 Å². The summed E-state index contributed by atoms with van der Waals surface area (Å²) in [5.41, 5.74) is 0.928. The molecule has 16 heavy (non-hydrogen) atoms. The molecule has 5 nitrogen and oxygen atoms in total. The summed E-state index contributed by atoms with van der Waals surface area (Å²) in [6.45, 7) is 2.51. The van der Waals surface area contributed by atoms with Gasteiger partial charge in [-0.1, -0.05) is 11.6 Å². The monoisotopic (exact) mass is 238 g/mol. The molecule has 0 atom stereocenters. The van der Waals surface area contributed by atoms with E-state index >= 15 is 0 Å². The van der Waals surface area contributed by atoms with Crippen molar-refractivity contribution >= 4 is 17.4 Å². The van der Waals surface area contributed by atoms with Crippen LogP contribution in [-0.2, 0) is 13.6 Å². The summed E-state index contributed by atoms with van der Waals surface area (Å²) in [5.74, 6) is -0.155. The van der Waals surface area contributed by atoms with E-state index in [1.807, 2.05) is 6.92 Å². The molecule has 0 N–H and O–H groups in total. The number of ketones is 1. The lowest BCUT2D eigenvalue weighted by atomic mass is 10.2. The lowest BCUT2D eigenvalue weighted by molar-refractivity contribution is 0.102. The van der Waals surface area contributed by atoms with Crippen molar-refractivity contribution in [2.75, 3.05) is 0 Å². The summed E-state index contributed by atoms with van der Waals surface area (Å²) in [6, 6.07) is 0. The first kappa shape index (κ1) is 10.9. The van der Waals surface area contributed by atoms with E-state index in [-0.39, 0.29) is 5.78 Å². The molecular formula is C10H11ClN4O. The normalized spacial score (nSPS) is 10.7. The van der Waals surface area contributed by atoms with Crippen LogP contribution in [0.25, 0.3) is 0 Å². The van der Waals surface area contributed by atoms with Gasteiger partial charge in [-0.05, 0) is 6.92 Å². The predicted molar refractivity (Wildman–Crippen MR) is 59.6 cm³/mol. The van der Waals surface area contributed by atoms with Gasteiger partial charge in [0.05, 0.1) is 23.0 Å². The third-order valence-electron chi connectivity index (χ3n) is 2.28. The molecule has 84 valence electrons. The molecule has 0 unspecified atom stereocenters. The van der Waals surface area contributed by atoms with Gasteiger partial charge in [-0.15, -0.1) is 0 Å². The van der Waals surface area contributed by atoms with E-state index in [9.17, 15) is 4.79 Å². The maximum Gasteiger partial charge on any atom is 0.215 e. The molecule has 0 aromatic carbocycles. The fraction of sp³-hybridized carbons (Fsp3) is 0.300. The van der Waals surface area contributed by atoms with Gasteiger partial charge in [-0.3, -0.25) is 14.2 Å². The Balaban J connectivity index is 2.44. The summed E-state index contributed by atoms with van der Waals surface area (Å²) in [4.78, 5) is 12.1. The second-order valence-electron chi connectivity index (χ2n) is 3.39. The van der Waals surface area contributed by atoms with E-state index < -0.39 is 0 Å². The standard InChI is InChI=1S/C10H11ClN4O/c1-3-15-9(8(11)5-13-15)10(16)7-4-12-14(2)6-7/h4-6H,3H2,1-2H3. The third kappa shape index (κ3) is 1.74. The Bertz CT molecular complexity index is 529. The molecule has 0 spiro atoms. The van der Waals surface area contributed by atoms with Gasteiger partial charge in [0.2, 0.25) is 5.78 Å². The Morgan fingerprint density at radius 1 is 1.44 bits per heavy atom. The number of hydrogen-bond acceptors (Lipinski definition) is 3. The van der Waals surface area contributed by atoms with Crippen molar-refractivity contribution in [1.82, 2.24) is 19.6 Å². The van der Waals surface area contributed by atoms with Crippen molar-refractivity contribution in [3.8, 4) is 0 Å². The molecule has 0 aliphatic carbocycles. The van der Waals surface area contributed by atoms with E-state index in [0.29, 0.717) is 22.8 Å². The van der Waals surface area contributed by atoms with Crippen LogP contribution in [0.3, 0.4) is 0 Å². The maximum atomic E-state index is 12.1. The summed E-state index contributed by atoms with van der Waals surface area (Å²) in [6.07, 6.45) is 4.66. The molecule has 0 bridgehead atoms. The summed E-state index contributed by atoms with van der Waals surface area (Å²) in [5, 5.41) is 8.35. The molecule has 2 rings (SSSR count). The maximum absolute atomic E-state index is 12.1. The van der Waals surface area contributed by atoms with E-state index in [1.54, 1.807) is 22.6 Å². The second-order valence-corrected chi connectivity index (χ2v) is 3.80. The Labute approximate surface area is 97.6 Å². The van der Waals surface area contributed by atoms with Gasteiger partial charge in [0.15, 0.2) is 0 Å². The highest BCUT2D eigenvalue weighted by Crippen LogP contribution is 2.18. The molecule has 0 radical (unpaired) electrons. The van der Waals surface area contributed by atoms with Gasteiger partial charge >= 0.3 is 0 Å². The minimum atomic E-state index is -0.155. The summed E-state index contributed by atoms with van der Waals surface area (Å²) in [7, 11) is 1.76. The minimum Gasteiger partial charge on any atom is -0.287 e. The quantitative estimate of drug-likeness (QED) is 0.762. The second kappa shape index (κ2) is 4.09. The number of hydrogen-bond donors (Lipinski definition) is 0. The number of carbonyl (C=O) groups is 1. The van der Waals surface area contributed by atoms with Crippen LogP contribution in [0, 0.1) is 0 Å². The van der Waals surface area contributed by atoms with E-state index in [0.717, 1.165) is 0 Å². The van der Waals surface area contributed by atoms with Crippen molar-refractivity contribution in [1.29, 1.82) is 0 Å². The van der Waals surface area contributed by atoms with Crippen LogP contribution in [0.1, 0.15) is 23.0 Å². The molecule has 0 aliphatic rings. The largest absolute Gasteiger partial charge is 0.287 e. The van der Waals surface area contributed by atoms with E-state index in [2.05, 4.69) is 10.2 Å². The van der Waals surface area contributed by atoms with Crippen molar-refractivity contribution in [3.05, 3.63) is 34.9 Å². The molecular weight excluding hydrogens is 228 g/mol. The van der Waals surface area contributed by atoms with Gasteiger partial charge in [0.1, 0.15) is 5.69 Å². The molecule has 2 aromatic rings. The lowest BCUT2D eigenvalue weighted by Gasteiger charge is -2.02. The van der Waals surface area contributed by atoms with Crippen LogP contribution in [-0.4, -0.2) is 25.3 Å². The molecule has 6 heteroatoms. The molecule has 0 amide bonds. The molecule has 0 fully saturated rings. The zero-order valence-electron chi connectivity index (χ0n) is 9.01. The number of aryl methyl sites for hydroxylation is 2. The Morgan fingerprint density at radius 2 is 2.19 bits per heavy atom. The molecule has 2 aromatic heterocycles. The van der Waals surface area contributed by atoms with Gasteiger partial charge in [-0.25, -0.2) is 0 Å². The van der Waals surface area contributed by atoms with Crippen molar-refractivity contribution in [2.45, 2.75) is 13.5 Å². The first-order valence-electron chi connectivity index (χ1n) is 4.88. The zero-order valence-corrected chi connectivity index (χ0v) is 9.77. The SMILES string of the molecule is CCn1ncc(Cl)c1C(=O)c1cnn(C)c1. The average molecular weight is 239 g/mol. The van der Waals surface area contributed by atoms with Gasteiger partial charge in [0, 0.05) is 19.8 Å². The fourth-order valence-electron chi connectivity index (χ4n) is 1.50. The molecule has 0 saturated carbocycles. The lowest BCUT2D eigenvalue weighted by Crippen LogP contribution is -2.10. The highest BCUT2D eigenvalue weighted by atomic mass is 35.5. The number of rotatable bonds is 3. The number of nitrogens with zero attached hydrogens (tertiary/aromatic N) is 4. The predicted octanol–water partition coefficient (Wildman–Crippen LogP) is 1.52. The Kier molecular flexibility index (Phi) is 2.78. The third-order valence-corrected chi connectivity index (χ3v) is 2.55. The van der Waals surface area contributed by atoms with Crippen molar-refractivity contribution in [3.63, 3.8) is 0 Å². The number of halogens is 1. The number of aromatic nitrogens is 4. The van der Waals surface area contributed by atoms with Crippen molar-refractivity contribution < 1.29 is 4.79 Å². The summed E-state index contributed by atoms with van der Waals surface area (Å²) < 4.78 is 3.16. The average Bonchev–Trinajstić information content (AvgIpc) is 2.83. The van der Waals surface area contributed by atoms with Gasteiger partial charge in [-0.2, -0.15) is 10.2 Å².